The van der Waals surface area contributed by atoms with Crippen LogP contribution in [0.25, 0.3) is 6.08 Å². The summed E-state index contributed by atoms with van der Waals surface area (Å²) in [6.45, 7) is 2.04. The highest BCUT2D eigenvalue weighted by Crippen LogP contribution is 2.21. The summed E-state index contributed by atoms with van der Waals surface area (Å²) in [5.41, 5.74) is 1.27. The largest absolute Gasteiger partial charge is 0.496 e. The van der Waals surface area contributed by atoms with Gasteiger partial charge in [0.25, 0.3) is 0 Å². The van der Waals surface area contributed by atoms with Crippen molar-refractivity contribution < 1.29 is 24.2 Å². The second-order valence-electron chi connectivity index (χ2n) is 3.73. The summed E-state index contributed by atoms with van der Waals surface area (Å²) in [5, 5.41) is 8.82. The highest BCUT2D eigenvalue weighted by molar-refractivity contribution is 5.87. The highest BCUT2D eigenvalue weighted by Gasteiger charge is 2.08. The first-order valence-electron chi connectivity index (χ1n) is 5.80. The number of benzene rings is 1. The molecule has 1 aromatic carbocycles. The van der Waals surface area contributed by atoms with Gasteiger partial charge in [0.2, 0.25) is 0 Å². The van der Waals surface area contributed by atoms with Gasteiger partial charge in [0.15, 0.2) is 0 Å². The molecule has 0 heterocycles. The van der Waals surface area contributed by atoms with Gasteiger partial charge in [-0.2, -0.15) is 0 Å². The summed E-state index contributed by atoms with van der Waals surface area (Å²) in [6.07, 6.45) is 2.74. The minimum absolute atomic E-state index is 0.135. The fourth-order valence-corrected chi connectivity index (χ4v) is 1.56. The first kappa shape index (κ1) is 14.8. The summed E-state index contributed by atoms with van der Waals surface area (Å²) >= 11 is 0. The number of rotatable bonds is 6. The van der Waals surface area contributed by atoms with E-state index in [-0.39, 0.29) is 6.42 Å². The standard InChI is InChI=1S/C14H16O5/c1-3-19-14(17)7-5-10-4-6-12(18-2)11(8-10)9-13(15)16/h4-8H,3,9H2,1-2H3,(H,15,16). The smallest absolute Gasteiger partial charge is 0.330 e. The van der Waals surface area contributed by atoms with Gasteiger partial charge in [0.05, 0.1) is 20.1 Å². The van der Waals surface area contributed by atoms with E-state index in [0.29, 0.717) is 23.5 Å². The molecule has 0 aliphatic rings. The van der Waals surface area contributed by atoms with Gasteiger partial charge in [-0.3, -0.25) is 4.79 Å². The lowest BCUT2D eigenvalue weighted by Gasteiger charge is -2.07. The normalized spacial score (nSPS) is 10.4. The molecule has 0 saturated heterocycles. The Balaban J connectivity index is 2.91. The van der Waals surface area contributed by atoms with E-state index in [1.54, 1.807) is 31.2 Å². The average molecular weight is 264 g/mol. The topological polar surface area (TPSA) is 72.8 Å². The summed E-state index contributed by atoms with van der Waals surface area (Å²) < 4.78 is 9.85. The van der Waals surface area contributed by atoms with Crippen molar-refractivity contribution in [3.8, 4) is 5.75 Å². The molecular weight excluding hydrogens is 248 g/mol. The van der Waals surface area contributed by atoms with Crippen molar-refractivity contribution in [1.29, 1.82) is 0 Å². The number of ether oxygens (including phenoxy) is 2. The van der Waals surface area contributed by atoms with Gasteiger partial charge in [-0.05, 0) is 30.7 Å². The Kier molecular flexibility index (Phi) is 5.60. The van der Waals surface area contributed by atoms with Crippen LogP contribution in [-0.2, 0) is 20.7 Å². The molecule has 1 aromatic rings. The lowest BCUT2D eigenvalue weighted by atomic mass is 10.1. The molecule has 5 heteroatoms. The zero-order valence-corrected chi connectivity index (χ0v) is 10.9. The zero-order chi connectivity index (χ0) is 14.3. The molecule has 5 nitrogen and oxygen atoms in total. The Hall–Kier alpha value is -2.30. The van der Waals surface area contributed by atoms with Crippen LogP contribution in [0.1, 0.15) is 18.1 Å². The van der Waals surface area contributed by atoms with Crippen LogP contribution < -0.4 is 4.74 Å². The molecule has 0 amide bonds. The second kappa shape index (κ2) is 7.20. The van der Waals surface area contributed by atoms with Gasteiger partial charge in [0.1, 0.15) is 5.75 Å². The number of hydrogen-bond donors (Lipinski definition) is 1. The van der Waals surface area contributed by atoms with Crippen LogP contribution in [0, 0.1) is 0 Å². The van der Waals surface area contributed by atoms with Gasteiger partial charge in [-0.25, -0.2) is 4.79 Å². The molecule has 0 saturated carbocycles. The van der Waals surface area contributed by atoms with Crippen LogP contribution in [0.15, 0.2) is 24.3 Å². The highest BCUT2D eigenvalue weighted by atomic mass is 16.5. The Labute approximate surface area is 111 Å². The molecule has 0 fully saturated rings. The SMILES string of the molecule is CCOC(=O)C=Cc1ccc(OC)c(CC(=O)O)c1. The van der Waals surface area contributed by atoms with Crippen LogP contribution >= 0.6 is 0 Å². The lowest BCUT2D eigenvalue weighted by Crippen LogP contribution is -2.02. The molecule has 102 valence electrons. The summed E-state index contributed by atoms with van der Waals surface area (Å²) in [4.78, 5) is 21.9. The van der Waals surface area contributed by atoms with Gasteiger partial charge < -0.3 is 14.6 Å². The maximum Gasteiger partial charge on any atom is 0.330 e. The number of carboxylic acids is 1. The third-order valence-electron chi connectivity index (χ3n) is 2.34. The monoisotopic (exact) mass is 264 g/mol. The predicted octanol–water partition coefficient (Wildman–Crippen LogP) is 1.90. The molecule has 0 atom stereocenters. The molecule has 0 bridgehead atoms. The number of methoxy groups -OCH3 is 1. The quantitative estimate of drug-likeness (QED) is 0.627. The minimum atomic E-state index is -0.940. The van der Waals surface area contributed by atoms with Gasteiger partial charge in [-0.15, -0.1) is 0 Å². The van der Waals surface area contributed by atoms with E-state index >= 15 is 0 Å². The number of carboxylic acid groups (broad SMARTS) is 1. The van der Waals surface area contributed by atoms with Crippen LogP contribution in [0.4, 0.5) is 0 Å². The number of aliphatic carboxylic acids is 1. The van der Waals surface area contributed by atoms with E-state index in [4.69, 9.17) is 14.6 Å². The summed E-state index contributed by atoms with van der Waals surface area (Å²) in [6, 6.07) is 5.08. The lowest BCUT2D eigenvalue weighted by molar-refractivity contribution is -0.137. The van der Waals surface area contributed by atoms with E-state index in [1.807, 2.05) is 0 Å². The van der Waals surface area contributed by atoms with Crippen molar-refractivity contribution >= 4 is 18.0 Å². The molecule has 0 radical (unpaired) electrons. The average Bonchev–Trinajstić information content (AvgIpc) is 2.36. The molecule has 0 aromatic heterocycles. The molecular formula is C14H16O5. The van der Waals surface area contributed by atoms with E-state index in [0.717, 1.165) is 0 Å². The molecule has 1 N–H and O–H groups in total. The fourth-order valence-electron chi connectivity index (χ4n) is 1.56. The number of carbonyl (C=O) groups excluding carboxylic acids is 1. The van der Waals surface area contributed by atoms with Crippen LogP contribution in [0.3, 0.4) is 0 Å². The third-order valence-corrected chi connectivity index (χ3v) is 2.34. The van der Waals surface area contributed by atoms with Crippen molar-refractivity contribution in [2.24, 2.45) is 0 Å². The Morgan fingerprint density at radius 2 is 2.11 bits per heavy atom. The Bertz CT molecular complexity index is 491. The van der Waals surface area contributed by atoms with E-state index in [1.165, 1.54) is 13.2 Å². The molecule has 0 aliphatic heterocycles. The van der Waals surface area contributed by atoms with Crippen molar-refractivity contribution in [3.05, 3.63) is 35.4 Å². The first-order chi connectivity index (χ1) is 9.06. The third kappa shape index (κ3) is 4.83. The van der Waals surface area contributed by atoms with Crippen molar-refractivity contribution in [1.82, 2.24) is 0 Å². The predicted molar refractivity (Wildman–Crippen MR) is 70.0 cm³/mol. The first-order valence-corrected chi connectivity index (χ1v) is 5.80. The van der Waals surface area contributed by atoms with Crippen molar-refractivity contribution in [2.75, 3.05) is 13.7 Å². The zero-order valence-electron chi connectivity index (χ0n) is 10.9. The molecule has 0 spiro atoms. The van der Waals surface area contributed by atoms with Crippen molar-refractivity contribution in [2.45, 2.75) is 13.3 Å². The number of esters is 1. The van der Waals surface area contributed by atoms with E-state index in [2.05, 4.69) is 0 Å². The van der Waals surface area contributed by atoms with Crippen LogP contribution in [0.2, 0.25) is 0 Å². The maximum absolute atomic E-state index is 11.2. The summed E-state index contributed by atoms with van der Waals surface area (Å²) in [7, 11) is 1.48. The Morgan fingerprint density at radius 3 is 2.68 bits per heavy atom. The number of carbonyl (C=O) groups is 2. The van der Waals surface area contributed by atoms with Gasteiger partial charge in [-0.1, -0.05) is 6.07 Å². The molecule has 1 rings (SSSR count). The molecule has 0 unspecified atom stereocenters. The minimum Gasteiger partial charge on any atom is -0.496 e. The van der Waals surface area contributed by atoms with Crippen LogP contribution in [0.5, 0.6) is 5.75 Å². The van der Waals surface area contributed by atoms with Crippen molar-refractivity contribution in [3.63, 3.8) is 0 Å². The second-order valence-corrected chi connectivity index (χ2v) is 3.73. The van der Waals surface area contributed by atoms with Gasteiger partial charge in [0, 0.05) is 11.6 Å². The molecule has 19 heavy (non-hydrogen) atoms. The molecule has 0 aliphatic carbocycles. The van der Waals surface area contributed by atoms with Crippen LogP contribution in [-0.4, -0.2) is 30.8 Å². The van der Waals surface area contributed by atoms with Gasteiger partial charge >= 0.3 is 11.9 Å². The summed E-state index contributed by atoms with van der Waals surface area (Å²) in [5.74, 6) is -0.862. The fraction of sp³-hybridized carbons (Fsp3) is 0.286. The number of hydrogen-bond acceptors (Lipinski definition) is 4. The van der Waals surface area contributed by atoms with E-state index in [9.17, 15) is 9.59 Å². The van der Waals surface area contributed by atoms with E-state index < -0.39 is 11.9 Å². The Morgan fingerprint density at radius 1 is 1.37 bits per heavy atom. The maximum atomic E-state index is 11.2.